The van der Waals surface area contributed by atoms with E-state index in [0.717, 1.165) is 6.20 Å². The molecule has 0 aliphatic heterocycles. The lowest BCUT2D eigenvalue weighted by atomic mass is 10.3. The average Bonchev–Trinajstić information content (AvgIpc) is 2.16. The number of aromatic nitrogens is 1. The number of rotatable bonds is 3. The summed E-state index contributed by atoms with van der Waals surface area (Å²) in [6, 6.07) is 1.35. The molecule has 88 valence electrons. The molecule has 0 amide bonds. The van der Waals surface area contributed by atoms with E-state index in [9.17, 15) is 4.39 Å². The lowest BCUT2D eigenvalue weighted by Crippen LogP contribution is -2.05. The first-order chi connectivity index (χ1) is 7.42. The van der Waals surface area contributed by atoms with Crippen LogP contribution in [0.1, 0.15) is 26.3 Å². The second kappa shape index (κ2) is 5.30. The Balaban J connectivity index is 2.83. The lowest BCUT2D eigenvalue weighted by molar-refractivity contribution is 0.395. The van der Waals surface area contributed by atoms with E-state index in [1.54, 1.807) is 6.21 Å². The third kappa shape index (κ3) is 4.18. The second-order valence-corrected chi connectivity index (χ2v) is 5.81. The standard InChI is InChI=1S/C11H15FN2OS/c1-11(2,3)16-14-6-8-5-9(12)7-13-10(8)15-4/h5-7H,1-4H3. The molecule has 0 bridgehead atoms. The fourth-order valence-electron chi connectivity index (χ4n) is 0.947. The van der Waals surface area contributed by atoms with E-state index in [-0.39, 0.29) is 4.75 Å². The molecule has 0 saturated heterocycles. The van der Waals surface area contributed by atoms with Crippen LogP contribution in [0.25, 0.3) is 0 Å². The van der Waals surface area contributed by atoms with Gasteiger partial charge in [0.15, 0.2) is 0 Å². The van der Waals surface area contributed by atoms with Gasteiger partial charge in [-0.25, -0.2) is 13.8 Å². The van der Waals surface area contributed by atoms with Crippen LogP contribution in [0.3, 0.4) is 0 Å². The molecule has 0 aliphatic rings. The molecule has 1 aromatic heterocycles. The van der Waals surface area contributed by atoms with Gasteiger partial charge in [0.1, 0.15) is 5.82 Å². The van der Waals surface area contributed by atoms with Gasteiger partial charge < -0.3 is 4.74 Å². The van der Waals surface area contributed by atoms with Crippen LogP contribution in [0.15, 0.2) is 16.7 Å². The van der Waals surface area contributed by atoms with Crippen LogP contribution in [0.2, 0.25) is 0 Å². The van der Waals surface area contributed by atoms with Gasteiger partial charge in [0.2, 0.25) is 5.88 Å². The van der Waals surface area contributed by atoms with Crippen LogP contribution in [-0.2, 0) is 0 Å². The fraction of sp³-hybridized carbons (Fsp3) is 0.455. The van der Waals surface area contributed by atoms with Crippen molar-refractivity contribution >= 4 is 18.2 Å². The molecule has 0 aromatic carbocycles. The van der Waals surface area contributed by atoms with Crippen molar-refractivity contribution in [2.45, 2.75) is 25.5 Å². The van der Waals surface area contributed by atoms with Gasteiger partial charge in [-0.2, -0.15) is 0 Å². The molecule has 0 saturated carbocycles. The summed E-state index contributed by atoms with van der Waals surface area (Å²) in [6.45, 7) is 6.15. The van der Waals surface area contributed by atoms with E-state index >= 15 is 0 Å². The Labute approximate surface area is 99.3 Å². The minimum absolute atomic E-state index is 0.0322. The highest BCUT2D eigenvalue weighted by atomic mass is 32.2. The summed E-state index contributed by atoms with van der Waals surface area (Å²) in [7, 11) is 1.49. The van der Waals surface area contributed by atoms with Crippen molar-refractivity contribution in [1.29, 1.82) is 0 Å². The van der Waals surface area contributed by atoms with E-state index in [0.29, 0.717) is 11.4 Å². The minimum Gasteiger partial charge on any atom is -0.481 e. The summed E-state index contributed by atoms with van der Waals surface area (Å²) in [5, 5.41) is 0. The summed E-state index contributed by atoms with van der Waals surface area (Å²) >= 11 is 1.42. The van der Waals surface area contributed by atoms with E-state index in [4.69, 9.17) is 4.74 Å². The van der Waals surface area contributed by atoms with E-state index in [1.807, 2.05) is 0 Å². The Morgan fingerprint density at radius 3 is 2.75 bits per heavy atom. The number of halogens is 1. The van der Waals surface area contributed by atoms with Crippen LogP contribution in [0.5, 0.6) is 5.88 Å². The van der Waals surface area contributed by atoms with Crippen molar-refractivity contribution in [2.75, 3.05) is 7.11 Å². The third-order valence-electron chi connectivity index (χ3n) is 1.56. The van der Waals surface area contributed by atoms with Gasteiger partial charge in [-0.3, -0.25) is 0 Å². The topological polar surface area (TPSA) is 34.5 Å². The van der Waals surface area contributed by atoms with Gasteiger partial charge in [-0.05, 0) is 38.8 Å². The quantitative estimate of drug-likeness (QED) is 0.603. The van der Waals surface area contributed by atoms with Crippen molar-refractivity contribution in [3.05, 3.63) is 23.6 Å². The van der Waals surface area contributed by atoms with Crippen LogP contribution in [0, 0.1) is 5.82 Å². The molecule has 0 N–H and O–H groups in total. The van der Waals surface area contributed by atoms with Gasteiger partial charge in [-0.1, -0.05) is 0 Å². The number of pyridine rings is 1. The third-order valence-corrected chi connectivity index (χ3v) is 2.32. The first-order valence-electron chi connectivity index (χ1n) is 4.83. The monoisotopic (exact) mass is 242 g/mol. The van der Waals surface area contributed by atoms with Crippen molar-refractivity contribution < 1.29 is 9.13 Å². The molecule has 0 atom stereocenters. The Hall–Kier alpha value is -1.10. The van der Waals surface area contributed by atoms with Gasteiger partial charge >= 0.3 is 0 Å². The molecule has 0 radical (unpaired) electrons. The summed E-state index contributed by atoms with van der Waals surface area (Å²) in [5.74, 6) is -0.0253. The molecule has 0 aliphatic carbocycles. The number of nitrogens with zero attached hydrogens (tertiary/aromatic N) is 2. The van der Waals surface area contributed by atoms with Gasteiger partial charge in [0.05, 0.1) is 18.9 Å². The zero-order valence-electron chi connectivity index (χ0n) is 9.82. The first kappa shape index (κ1) is 13.0. The molecule has 1 heterocycles. The van der Waals surface area contributed by atoms with Gasteiger partial charge in [0, 0.05) is 11.0 Å². The Bertz CT molecular complexity index is 388. The molecule has 3 nitrogen and oxygen atoms in total. The molecule has 1 rings (SSSR count). The van der Waals surface area contributed by atoms with E-state index < -0.39 is 5.82 Å². The molecular formula is C11H15FN2OS. The van der Waals surface area contributed by atoms with Crippen molar-refractivity contribution in [3.8, 4) is 5.88 Å². The smallest absolute Gasteiger partial charge is 0.222 e. The molecule has 0 unspecified atom stereocenters. The summed E-state index contributed by atoms with van der Waals surface area (Å²) in [6.07, 6.45) is 2.68. The maximum Gasteiger partial charge on any atom is 0.222 e. The molecule has 1 aromatic rings. The molecule has 0 fully saturated rings. The van der Waals surface area contributed by atoms with Crippen LogP contribution >= 0.6 is 11.9 Å². The van der Waals surface area contributed by atoms with Crippen LogP contribution < -0.4 is 4.74 Å². The largest absolute Gasteiger partial charge is 0.481 e. The number of hydrogen-bond donors (Lipinski definition) is 0. The maximum absolute atomic E-state index is 13.0. The number of methoxy groups -OCH3 is 1. The molecule has 0 spiro atoms. The fourth-order valence-corrected chi connectivity index (χ4v) is 1.43. The highest BCUT2D eigenvalue weighted by Gasteiger charge is 2.10. The molecule has 16 heavy (non-hydrogen) atoms. The molecular weight excluding hydrogens is 227 g/mol. The Morgan fingerprint density at radius 1 is 1.50 bits per heavy atom. The summed E-state index contributed by atoms with van der Waals surface area (Å²) in [5.41, 5.74) is 0.541. The normalized spacial score (nSPS) is 12.1. The number of ether oxygens (including phenoxy) is 1. The SMILES string of the molecule is COc1ncc(F)cc1C=NSC(C)(C)C. The average molecular weight is 242 g/mol. The van der Waals surface area contributed by atoms with Crippen molar-refractivity contribution in [2.24, 2.45) is 4.40 Å². The predicted molar refractivity (Wildman–Crippen MR) is 65.7 cm³/mol. The van der Waals surface area contributed by atoms with E-state index in [2.05, 4.69) is 30.2 Å². The Morgan fingerprint density at radius 2 is 2.19 bits per heavy atom. The summed E-state index contributed by atoms with van der Waals surface area (Å²) < 4.78 is 22.2. The highest BCUT2D eigenvalue weighted by molar-refractivity contribution is 7.99. The lowest BCUT2D eigenvalue weighted by Gasteiger charge is -2.12. The van der Waals surface area contributed by atoms with Crippen molar-refractivity contribution in [3.63, 3.8) is 0 Å². The first-order valence-corrected chi connectivity index (χ1v) is 5.61. The minimum atomic E-state index is -0.400. The van der Waals surface area contributed by atoms with Crippen molar-refractivity contribution in [1.82, 2.24) is 4.98 Å². The van der Waals surface area contributed by atoms with Gasteiger partial charge in [0.25, 0.3) is 0 Å². The maximum atomic E-state index is 13.0. The summed E-state index contributed by atoms with van der Waals surface area (Å²) in [4.78, 5) is 3.81. The highest BCUT2D eigenvalue weighted by Crippen LogP contribution is 2.24. The second-order valence-electron chi connectivity index (χ2n) is 4.19. The van der Waals surface area contributed by atoms with Crippen LogP contribution in [-0.4, -0.2) is 23.1 Å². The zero-order valence-corrected chi connectivity index (χ0v) is 10.6. The zero-order chi connectivity index (χ0) is 12.2. The Kier molecular flexibility index (Phi) is 4.29. The van der Waals surface area contributed by atoms with E-state index in [1.165, 1.54) is 25.1 Å². The van der Waals surface area contributed by atoms with Crippen LogP contribution in [0.4, 0.5) is 4.39 Å². The molecule has 5 heteroatoms. The van der Waals surface area contributed by atoms with Gasteiger partial charge in [-0.15, -0.1) is 0 Å². The predicted octanol–water partition coefficient (Wildman–Crippen LogP) is 3.09. The number of hydrogen-bond acceptors (Lipinski definition) is 4.